The summed E-state index contributed by atoms with van der Waals surface area (Å²) in [5.74, 6) is -0.0820. The smallest absolute Gasteiger partial charge is 0.335 e. The van der Waals surface area contributed by atoms with Crippen molar-refractivity contribution in [2.24, 2.45) is 7.05 Å². The van der Waals surface area contributed by atoms with Gasteiger partial charge in [-0.15, -0.1) is 0 Å². The van der Waals surface area contributed by atoms with Crippen LogP contribution in [0.5, 0.6) is 0 Å². The number of benzene rings is 2. The average Bonchev–Trinajstić information content (AvgIpc) is 3.24. The molecule has 5 rings (SSSR count). The molecule has 0 fully saturated rings. The van der Waals surface area contributed by atoms with Crippen molar-refractivity contribution in [3.05, 3.63) is 70.9 Å². The number of aromatic nitrogens is 4. The van der Waals surface area contributed by atoms with Gasteiger partial charge in [0.2, 0.25) is 11.9 Å². The summed E-state index contributed by atoms with van der Waals surface area (Å²) in [5, 5.41) is 16.8. The number of imidazole rings is 1. The number of hydrogen-bond acceptors (Lipinski definition) is 4. The minimum atomic E-state index is -0.977. The first-order valence-corrected chi connectivity index (χ1v) is 9.58. The van der Waals surface area contributed by atoms with Crippen LogP contribution in [0.2, 0.25) is 0 Å². The molecular formula is C22H19N5O3. The molecule has 0 radical (unpaired) electrons. The zero-order valence-corrected chi connectivity index (χ0v) is 16.5. The fourth-order valence-electron chi connectivity index (χ4n) is 4.16. The maximum absolute atomic E-state index is 12.6. The lowest BCUT2D eigenvalue weighted by Crippen LogP contribution is -2.25. The van der Waals surface area contributed by atoms with Gasteiger partial charge in [-0.05, 0) is 36.8 Å². The molecule has 30 heavy (non-hydrogen) atoms. The van der Waals surface area contributed by atoms with Gasteiger partial charge in [0.25, 0.3) is 0 Å². The number of aryl methyl sites for hydroxylation is 2. The Hall–Kier alpha value is -3.94. The quantitative estimate of drug-likeness (QED) is 0.549. The van der Waals surface area contributed by atoms with Gasteiger partial charge >= 0.3 is 5.97 Å². The van der Waals surface area contributed by atoms with Crippen LogP contribution in [0.4, 0.5) is 5.82 Å². The summed E-state index contributed by atoms with van der Waals surface area (Å²) in [6.07, 6.45) is 0.272. The Balaban J connectivity index is 1.66. The molecule has 4 aromatic rings. The zero-order valence-electron chi connectivity index (χ0n) is 16.5. The highest BCUT2D eigenvalue weighted by Gasteiger charge is 2.33. The minimum absolute atomic E-state index is 0.116. The predicted octanol–water partition coefficient (Wildman–Crippen LogP) is 3.24. The number of amides is 1. The van der Waals surface area contributed by atoms with Gasteiger partial charge in [-0.3, -0.25) is 4.79 Å². The maximum Gasteiger partial charge on any atom is 0.335 e. The predicted molar refractivity (Wildman–Crippen MR) is 111 cm³/mol. The fourth-order valence-corrected chi connectivity index (χ4v) is 4.16. The third-order valence-electron chi connectivity index (χ3n) is 5.62. The third-order valence-corrected chi connectivity index (χ3v) is 5.62. The molecule has 8 nitrogen and oxygen atoms in total. The van der Waals surface area contributed by atoms with Crippen LogP contribution in [-0.2, 0) is 11.8 Å². The van der Waals surface area contributed by atoms with E-state index in [0.29, 0.717) is 11.8 Å². The molecule has 0 saturated carbocycles. The van der Waals surface area contributed by atoms with E-state index in [-0.39, 0.29) is 23.8 Å². The van der Waals surface area contributed by atoms with Crippen LogP contribution >= 0.6 is 0 Å². The number of hydrogen-bond donors (Lipinski definition) is 2. The number of fused-ring (bicyclic) bond motifs is 2. The fraction of sp³-hybridized carbons (Fsp3) is 0.182. The van der Waals surface area contributed by atoms with E-state index >= 15 is 0 Å². The SMILES string of the molecule is Cc1nn(-c2nc3ccccc3n2C)c2c1[C@H](c1ccc(C(=O)O)cc1)CC(=O)N2. The second-order valence-electron chi connectivity index (χ2n) is 7.45. The summed E-state index contributed by atoms with van der Waals surface area (Å²) in [5.41, 5.74) is 4.63. The number of carbonyl (C=O) groups excluding carboxylic acids is 1. The minimum Gasteiger partial charge on any atom is -0.478 e. The van der Waals surface area contributed by atoms with Crippen molar-refractivity contribution in [1.29, 1.82) is 0 Å². The lowest BCUT2D eigenvalue weighted by atomic mass is 9.85. The normalized spacial score (nSPS) is 15.8. The van der Waals surface area contributed by atoms with Gasteiger partial charge in [0.1, 0.15) is 5.82 Å². The van der Waals surface area contributed by atoms with Gasteiger partial charge in [0.05, 0.1) is 22.3 Å². The Labute approximate surface area is 171 Å². The first-order valence-electron chi connectivity index (χ1n) is 9.58. The van der Waals surface area contributed by atoms with Crippen molar-refractivity contribution in [1.82, 2.24) is 19.3 Å². The molecule has 0 aliphatic carbocycles. The lowest BCUT2D eigenvalue weighted by molar-refractivity contribution is -0.116. The van der Waals surface area contributed by atoms with Crippen LogP contribution in [0.25, 0.3) is 17.0 Å². The van der Waals surface area contributed by atoms with Crippen LogP contribution in [0.3, 0.4) is 0 Å². The van der Waals surface area contributed by atoms with Crippen LogP contribution < -0.4 is 5.32 Å². The molecule has 1 atom stereocenters. The monoisotopic (exact) mass is 401 g/mol. The number of carboxylic acids is 1. The third kappa shape index (κ3) is 2.68. The molecule has 1 amide bonds. The summed E-state index contributed by atoms with van der Waals surface area (Å²) in [7, 11) is 1.92. The Morgan fingerprint density at radius 3 is 2.60 bits per heavy atom. The maximum atomic E-state index is 12.6. The summed E-state index contributed by atoms with van der Waals surface area (Å²) in [4.78, 5) is 28.4. The van der Waals surface area contributed by atoms with Crippen LogP contribution in [0.15, 0.2) is 48.5 Å². The van der Waals surface area contributed by atoms with E-state index in [1.807, 2.05) is 42.8 Å². The standard InChI is InChI=1S/C22H19N5O3/c1-12-19-15(13-7-9-14(10-8-13)21(29)30)11-18(28)24-20(19)27(25-12)22-23-16-5-3-4-6-17(16)26(22)2/h3-10,15H,11H2,1-2H3,(H,24,28)(H,29,30)/t15-/m0/s1. The Morgan fingerprint density at radius 1 is 1.17 bits per heavy atom. The van der Waals surface area contributed by atoms with Gasteiger partial charge in [0.15, 0.2) is 0 Å². The highest BCUT2D eigenvalue weighted by molar-refractivity contribution is 5.95. The molecule has 2 N–H and O–H groups in total. The van der Waals surface area contributed by atoms with Crippen molar-refractivity contribution in [2.75, 3.05) is 5.32 Å². The Bertz CT molecular complexity index is 1320. The topological polar surface area (TPSA) is 102 Å². The molecule has 1 aliphatic rings. The molecule has 8 heteroatoms. The molecule has 0 saturated heterocycles. The van der Waals surface area contributed by atoms with Crippen molar-refractivity contribution in [2.45, 2.75) is 19.3 Å². The van der Waals surface area contributed by atoms with E-state index in [4.69, 9.17) is 15.2 Å². The van der Waals surface area contributed by atoms with E-state index in [1.54, 1.807) is 28.9 Å². The second kappa shape index (κ2) is 6.55. The summed E-state index contributed by atoms with van der Waals surface area (Å²) in [6, 6.07) is 14.5. The number of nitrogens with one attached hydrogen (secondary N) is 1. The summed E-state index contributed by atoms with van der Waals surface area (Å²) in [6.45, 7) is 1.91. The molecule has 2 aromatic heterocycles. The number of para-hydroxylation sites is 2. The molecule has 0 unspecified atom stereocenters. The number of nitrogens with zero attached hydrogens (tertiary/aromatic N) is 4. The van der Waals surface area contributed by atoms with Crippen molar-refractivity contribution < 1.29 is 14.7 Å². The molecule has 150 valence electrons. The highest BCUT2D eigenvalue weighted by atomic mass is 16.4. The van der Waals surface area contributed by atoms with Crippen LogP contribution in [0.1, 0.15) is 39.5 Å². The van der Waals surface area contributed by atoms with Crippen LogP contribution in [0, 0.1) is 6.92 Å². The van der Waals surface area contributed by atoms with Crippen molar-refractivity contribution >= 4 is 28.7 Å². The lowest BCUT2D eigenvalue weighted by Gasteiger charge is -2.24. The van der Waals surface area contributed by atoms with E-state index in [9.17, 15) is 9.59 Å². The van der Waals surface area contributed by atoms with Crippen molar-refractivity contribution in [3.63, 3.8) is 0 Å². The second-order valence-corrected chi connectivity index (χ2v) is 7.45. The van der Waals surface area contributed by atoms with E-state index in [2.05, 4.69) is 5.32 Å². The molecule has 0 spiro atoms. The van der Waals surface area contributed by atoms with Crippen molar-refractivity contribution in [3.8, 4) is 5.95 Å². The number of aromatic carboxylic acids is 1. The van der Waals surface area contributed by atoms with Gasteiger partial charge < -0.3 is 15.0 Å². The molecule has 2 aromatic carbocycles. The van der Waals surface area contributed by atoms with E-state index in [0.717, 1.165) is 27.9 Å². The average molecular weight is 401 g/mol. The number of carboxylic acid groups (broad SMARTS) is 1. The number of carbonyl (C=O) groups is 2. The van der Waals surface area contributed by atoms with Gasteiger partial charge in [0, 0.05) is 24.9 Å². The molecular weight excluding hydrogens is 382 g/mol. The van der Waals surface area contributed by atoms with Gasteiger partial charge in [-0.1, -0.05) is 24.3 Å². The molecule has 1 aliphatic heterocycles. The highest BCUT2D eigenvalue weighted by Crippen LogP contribution is 2.40. The number of rotatable bonds is 3. The largest absolute Gasteiger partial charge is 0.478 e. The van der Waals surface area contributed by atoms with Gasteiger partial charge in [-0.2, -0.15) is 9.78 Å². The molecule has 3 heterocycles. The Morgan fingerprint density at radius 2 is 1.90 bits per heavy atom. The van der Waals surface area contributed by atoms with E-state index in [1.165, 1.54) is 0 Å². The Kier molecular flexibility index (Phi) is 3.95. The van der Waals surface area contributed by atoms with Crippen LogP contribution in [-0.4, -0.2) is 36.3 Å². The summed E-state index contributed by atoms with van der Waals surface area (Å²) >= 11 is 0. The van der Waals surface area contributed by atoms with E-state index < -0.39 is 5.97 Å². The van der Waals surface area contributed by atoms with Gasteiger partial charge in [-0.25, -0.2) is 9.78 Å². The molecule has 0 bridgehead atoms. The number of anilines is 1. The first kappa shape index (κ1) is 18.1. The summed E-state index contributed by atoms with van der Waals surface area (Å²) < 4.78 is 3.62. The first-order chi connectivity index (χ1) is 14.4. The zero-order chi connectivity index (χ0) is 21.0.